The molecule has 0 atom stereocenters. The minimum Gasteiger partial charge on any atom is -0.382 e. The Bertz CT molecular complexity index is 421. The van der Waals surface area contributed by atoms with Crippen LogP contribution >= 0.6 is 0 Å². The summed E-state index contributed by atoms with van der Waals surface area (Å²) in [4.78, 5) is 9.30. The van der Waals surface area contributed by atoms with Gasteiger partial charge in [0.15, 0.2) is 0 Å². The largest absolute Gasteiger partial charge is 0.382 e. The fourth-order valence-electron chi connectivity index (χ4n) is 1.91. The topological polar surface area (TPSA) is 59.1 Å². The molecule has 0 aliphatic carbocycles. The van der Waals surface area contributed by atoms with Crippen molar-refractivity contribution in [3.8, 4) is 0 Å². The lowest BCUT2D eigenvalue weighted by Crippen LogP contribution is -2.14. The van der Waals surface area contributed by atoms with Gasteiger partial charge in [-0.1, -0.05) is 20.8 Å². The molecule has 0 saturated heterocycles. The highest BCUT2D eigenvalue weighted by Crippen LogP contribution is 2.23. The van der Waals surface area contributed by atoms with Crippen molar-refractivity contribution in [1.82, 2.24) is 9.97 Å². The van der Waals surface area contributed by atoms with Crippen LogP contribution in [-0.4, -0.2) is 36.3 Å². The number of anilines is 2. The summed E-state index contributed by atoms with van der Waals surface area (Å²) in [6.45, 7) is 13.8. The molecule has 1 aromatic heterocycles. The SMILES string of the molecule is CCCNc1nc(C(C)C)nc(NCCCOCC)c1C. The van der Waals surface area contributed by atoms with Crippen LogP contribution in [0.3, 0.4) is 0 Å². The third-order valence-corrected chi connectivity index (χ3v) is 3.18. The molecule has 0 aliphatic heterocycles. The van der Waals surface area contributed by atoms with E-state index in [0.29, 0.717) is 5.92 Å². The summed E-state index contributed by atoms with van der Waals surface area (Å²) >= 11 is 0. The van der Waals surface area contributed by atoms with E-state index >= 15 is 0 Å². The fourth-order valence-corrected chi connectivity index (χ4v) is 1.91. The molecule has 120 valence electrons. The first-order valence-corrected chi connectivity index (χ1v) is 8.04. The lowest BCUT2D eigenvalue weighted by Gasteiger charge is -2.16. The van der Waals surface area contributed by atoms with E-state index in [2.05, 4.69) is 48.3 Å². The molecule has 0 amide bonds. The predicted molar refractivity (Wildman–Crippen MR) is 89.2 cm³/mol. The van der Waals surface area contributed by atoms with Crippen molar-refractivity contribution in [1.29, 1.82) is 0 Å². The van der Waals surface area contributed by atoms with E-state index in [0.717, 1.165) is 62.2 Å². The van der Waals surface area contributed by atoms with Crippen molar-refractivity contribution in [3.05, 3.63) is 11.4 Å². The molecule has 21 heavy (non-hydrogen) atoms. The highest BCUT2D eigenvalue weighted by molar-refractivity contribution is 5.57. The van der Waals surface area contributed by atoms with Crippen LogP contribution in [0.5, 0.6) is 0 Å². The summed E-state index contributed by atoms with van der Waals surface area (Å²) in [6.07, 6.45) is 2.06. The number of rotatable bonds is 10. The highest BCUT2D eigenvalue weighted by atomic mass is 16.5. The van der Waals surface area contributed by atoms with Gasteiger partial charge < -0.3 is 15.4 Å². The normalized spacial score (nSPS) is 11.0. The molecule has 0 spiro atoms. The van der Waals surface area contributed by atoms with Crippen LogP contribution in [0.1, 0.15) is 57.8 Å². The van der Waals surface area contributed by atoms with Gasteiger partial charge in [-0.25, -0.2) is 9.97 Å². The van der Waals surface area contributed by atoms with E-state index in [-0.39, 0.29) is 0 Å². The average molecular weight is 294 g/mol. The zero-order valence-electron chi connectivity index (χ0n) is 14.1. The van der Waals surface area contributed by atoms with Crippen LogP contribution in [0, 0.1) is 6.92 Å². The quantitative estimate of drug-likeness (QED) is 0.646. The summed E-state index contributed by atoms with van der Waals surface area (Å²) in [7, 11) is 0. The molecule has 5 nitrogen and oxygen atoms in total. The van der Waals surface area contributed by atoms with Gasteiger partial charge in [0.25, 0.3) is 0 Å². The maximum Gasteiger partial charge on any atom is 0.135 e. The maximum atomic E-state index is 5.36. The van der Waals surface area contributed by atoms with Crippen LogP contribution in [-0.2, 0) is 4.74 Å². The van der Waals surface area contributed by atoms with Crippen LogP contribution in [0.2, 0.25) is 0 Å². The molecule has 0 aromatic carbocycles. The number of ether oxygens (including phenoxy) is 1. The molecule has 0 aliphatic rings. The third kappa shape index (κ3) is 5.87. The van der Waals surface area contributed by atoms with Crippen molar-refractivity contribution in [2.75, 3.05) is 36.9 Å². The molecule has 2 N–H and O–H groups in total. The van der Waals surface area contributed by atoms with Gasteiger partial charge >= 0.3 is 0 Å². The molecule has 5 heteroatoms. The Balaban J connectivity index is 2.77. The molecule has 1 heterocycles. The summed E-state index contributed by atoms with van der Waals surface area (Å²) in [5.41, 5.74) is 1.09. The Morgan fingerprint density at radius 3 is 2.19 bits per heavy atom. The van der Waals surface area contributed by atoms with E-state index in [1.165, 1.54) is 0 Å². The molecule has 0 bridgehead atoms. The molecule has 0 saturated carbocycles. The van der Waals surface area contributed by atoms with E-state index in [1.807, 2.05) is 6.92 Å². The zero-order chi connectivity index (χ0) is 15.7. The first kappa shape index (κ1) is 17.7. The molecule has 0 radical (unpaired) electrons. The molecule has 1 rings (SSSR count). The lowest BCUT2D eigenvalue weighted by atomic mass is 10.2. The summed E-state index contributed by atoms with van der Waals surface area (Å²) in [6, 6.07) is 0. The molecule has 0 fully saturated rings. The first-order chi connectivity index (χ1) is 10.1. The van der Waals surface area contributed by atoms with Gasteiger partial charge in [-0.2, -0.15) is 0 Å². The average Bonchev–Trinajstić information content (AvgIpc) is 2.47. The van der Waals surface area contributed by atoms with Gasteiger partial charge in [-0.3, -0.25) is 0 Å². The summed E-state index contributed by atoms with van der Waals surface area (Å²) in [5, 5.41) is 6.81. The summed E-state index contributed by atoms with van der Waals surface area (Å²) < 4.78 is 5.36. The Morgan fingerprint density at radius 2 is 1.67 bits per heavy atom. The van der Waals surface area contributed by atoms with Crippen LogP contribution in [0.4, 0.5) is 11.6 Å². The van der Waals surface area contributed by atoms with E-state index < -0.39 is 0 Å². The first-order valence-electron chi connectivity index (χ1n) is 8.04. The third-order valence-electron chi connectivity index (χ3n) is 3.18. The standard InChI is InChI=1S/C16H30N4O/c1-6-9-17-15-13(5)16(18-10-8-11-21-7-2)20-14(19-15)12(3)4/h12H,6-11H2,1-5H3,(H2,17,18,19,20). The fraction of sp³-hybridized carbons (Fsp3) is 0.750. The smallest absolute Gasteiger partial charge is 0.135 e. The number of nitrogens with zero attached hydrogens (tertiary/aromatic N) is 2. The van der Waals surface area contributed by atoms with Gasteiger partial charge in [0.2, 0.25) is 0 Å². The number of aromatic nitrogens is 2. The van der Waals surface area contributed by atoms with E-state index in [9.17, 15) is 0 Å². The Kier molecular flexibility index (Phi) is 8.05. The highest BCUT2D eigenvalue weighted by Gasteiger charge is 2.12. The van der Waals surface area contributed by atoms with Crippen LogP contribution in [0.25, 0.3) is 0 Å². The van der Waals surface area contributed by atoms with Gasteiger partial charge in [-0.05, 0) is 26.7 Å². The molecular weight excluding hydrogens is 264 g/mol. The minimum absolute atomic E-state index is 0.316. The van der Waals surface area contributed by atoms with Crippen molar-refractivity contribution in [2.45, 2.75) is 53.4 Å². The zero-order valence-corrected chi connectivity index (χ0v) is 14.1. The number of hydrogen-bond donors (Lipinski definition) is 2. The predicted octanol–water partition coefficient (Wildman–Crippen LogP) is 3.57. The number of hydrogen-bond acceptors (Lipinski definition) is 5. The van der Waals surface area contributed by atoms with Crippen LogP contribution < -0.4 is 10.6 Å². The second-order valence-electron chi connectivity index (χ2n) is 5.46. The Morgan fingerprint density at radius 1 is 1.05 bits per heavy atom. The van der Waals surface area contributed by atoms with Gasteiger partial charge in [0, 0.05) is 37.8 Å². The summed E-state index contributed by atoms with van der Waals surface area (Å²) in [5.74, 6) is 3.08. The van der Waals surface area contributed by atoms with Crippen molar-refractivity contribution in [2.24, 2.45) is 0 Å². The minimum atomic E-state index is 0.316. The van der Waals surface area contributed by atoms with Gasteiger partial charge in [0.05, 0.1) is 0 Å². The van der Waals surface area contributed by atoms with Crippen molar-refractivity contribution in [3.63, 3.8) is 0 Å². The molecular formula is C16H30N4O. The Hall–Kier alpha value is -1.36. The van der Waals surface area contributed by atoms with Gasteiger partial charge in [-0.15, -0.1) is 0 Å². The van der Waals surface area contributed by atoms with E-state index in [4.69, 9.17) is 4.74 Å². The van der Waals surface area contributed by atoms with Crippen molar-refractivity contribution >= 4 is 11.6 Å². The van der Waals surface area contributed by atoms with Crippen molar-refractivity contribution < 1.29 is 4.74 Å². The maximum absolute atomic E-state index is 5.36. The second kappa shape index (κ2) is 9.55. The lowest BCUT2D eigenvalue weighted by molar-refractivity contribution is 0.147. The molecule has 0 unspecified atom stereocenters. The molecule has 1 aromatic rings. The monoisotopic (exact) mass is 294 g/mol. The van der Waals surface area contributed by atoms with Crippen LogP contribution in [0.15, 0.2) is 0 Å². The second-order valence-corrected chi connectivity index (χ2v) is 5.46. The van der Waals surface area contributed by atoms with Gasteiger partial charge in [0.1, 0.15) is 17.5 Å². The van der Waals surface area contributed by atoms with E-state index in [1.54, 1.807) is 0 Å². The Labute approximate surface area is 128 Å². The number of nitrogens with one attached hydrogen (secondary N) is 2.